The number of nitrogens with one attached hydrogen (secondary N) is 1. The van der Waals surface area contributed by atoms with E-state index in [1.54, 1.807) is 27.9 Å². The number of rotatable bonds is 6. The van der Waals surface area contributed by atoms with Crippen LogP contribution in [0.5, 0.6) is 5.75 Å². The first-order valence-corrected chi connectivity index (χ1v) is 11.9. The summed E-state index contributed by atoms with van der Waals surface area (Å²) in [7, 11) is 1.61. The quantitative estimate of drug-likeness (QED) is 0.539. The molecule has 2 amide bonds. The van der Waals surface area contributed by atoms with Gasteiger partial charge in [-0.2, -0.15) is 5.10 Å². The lowest BCUT2D eigenvalue weighted by Gasteiger charge is -2.35. The van der Waals surface area contributed by atoms with Crippen molar-refractivity contribution in [2.45, 2.75) is 45.5 Å². The van der Waals surface area contributed by atoms with E-state index in [0.717, 1.165) is 22.0 Å². The Morgan fingerprint density at radius 3 is 2.69 bits per heavy atom. The standard InChI is InChI=1S/C26H33N5O5/c1-26(2,3)36-25(33)30-11-12-35-16-20(30)24(32)28-14-17-7-5-8-18(13-17)15-31-19-9-6-10-21(34-4)22(19)23(27)29-31/h5-10,13,20H,11-12,14-16H2,1-4H3,(H2,27,29)(H,28,32). The largest absolute Gasteiger partial charge is 0.496 e. The van der Waals surface area contributed by atoms with Crippen molar-refractivity contribution >= 4 is 28.7 Å². The summed E-state index contributed by atoms with van der Waals surface area (Å²) in [6.07, 6.45) is -0.518. The first kappa shape index (κ1) is 25.3. The van der Waals surface area contributed by atoms with Gasteiger partial charge >= 0.3 is 6.09 Å². The van der Waals surface area contributed by atoms with Gasteiger partial charge in [-0.3, -0.25) is 14.4 Å². The number of ether oxygens (including phenoxy) is 3. The molecule has 0 saturated carbocycles. The molecule has 0 bridgehead atoms. The van der Waals surface area contributed by atoms with E-state index in [2.05, 4.69) is 10.4 Å². The molecule has 10 nitrogen and oxygen atoms in total. The van der Waals surface area contributed by atoms with Crippen LogP contribution in [0, 0.1) is 0 Å². The zero-order valence-electron chi connectivity index (χ0n) is 21.1. The highest BCUT2D eigenvalue weighted by molar-refractivity contribution is 5.94. The second-order valence-corrected chi connectivity index (χ2v) is 9.70. The fourth-order valence-corrected chi connectivity index (χ4v) is 4.19. The van der Waals surface area contributed by atoms with Crippen molar-refractivity contribution in [2.24, 2.45) is 0 Å². The molecule has 0 radical (unpaired) electrons. The summed E-state index contributed by atoms with van der Waals surface area (Å²) in [5, 5.41) is 8.20. The van der Waals surface area contributed by atoms with Gasteiger partial charge in [-0.05, 0) is 44.0 Å². The van der Waals surface area contributed by atoms with Crippen molar-refractivity contribution < 1.29 is 23.8 Å². The van der Waals surface area contributed by atoms with Gasteiger partial charge < -0.3 is 25.3 Å². The molecular weight excluding hydrogens is 462 g/mol. The van der Waals surface area contributed by atoms with Crippen molar-refractivity contribution in [1.82, 2.24) is 20.0 Å². The van der Waals surface area contributed by atoms with Crippen LogP contribution in [0.2, 0.25) is 0 Å². The number of hydrogen-bond acceptors (Lipinski definition) is 7. The first-order chi connectivity index (χ1) is 17.2. The lowest BCUT2D eigenvalue weighted by molar-refractivity contribution is -0.132. The number of methoxy groups -OCH3 is 1. The molecule has 1 atom stereocenters. The van der Waals surface area contributed by atoms with Crippen LogP contribution in [0.3, 0.4) is 0 Å². The Hall–Kier alpha value is -3.79. The maximum Gasteiger partial charge on any atom is 0.411 e. The number of hydrogen-bond donors (Lipinski definition) is 2. The third-order valence-electron chi connectivity index (χ3n) is 5.84. The SMILES string of the molecule is COc1cccc2c1c(N)nn2Cc1cccc(CNC(=O)C2COCCN2C(=O)OC(C)(C)C)c1. The number of aromatic nitrogens is 2. The summed E-state index contributed by atoms with van der Waals surface area (Å²) in [4.78, 5) is 27.0. The normalized spacial score (nSPS) is 16.1. The summed E-state index contributed by atoms with van der Waals surface area (Å²) >= 11 is 0. The van der Waals surface area contributed by atoms with Gasteiger partial charge in [0, 0.05) is 13.1 Å². The van der Waals surface area contributed by atoms with Gasteiger partial charge in [0.15, 0.2) is 5.82 Å². The third-order valence-corrected chi connectivity index (χ3v) is 5.84. The fourth-order valence-electron chi connectivity index (χ4n) is 4.19. The predicted molar refractivity (Wildman–Crippen MR) is 136 cm³/mol. The van der Waals surface area contributed by atoms with Crippen LogP contribution >= 0.6 is 0 Å². The average molecular weight is 496 g/mol. The molecule has 0 aliphatic carbocycles. The van der Waals surface area contributed by atoms with Crippen LogP contribution in [0.1, 0.15) is 31.9 Å². The Labute approximate surface area is 210 Å². The molecule has 1 unspecified atom stereocenters. The Morgan fingerprint density at radius 2 is 1.94 bits per heavy atom. The topological polar surface area (TPSA) is 121 Å². The van der Waals surface area contributed by atoms with E-state index in [1.165, 1.54) is 4.90 Å². The Morgan fingerprint density at radius 1 is 1.19 bits per heavy atom. The molecule has 3 N–H and O–H groups in total. The minimum Gasteiger partial charge on any atom is -0.496 e. The maximum absolute atomic E-state index is 13.0. The van der Waals surface area contributed by atoms with Gasteiger partial charge in [0.25, 0.3) is 0 Å². The van der Waals surface area contributed by atoms with Crippen LogP contribution in [0.15, 0.2) is 42.5 Å². The van der Waals surface area contributed by atoms with Crippen molar-refractivity contribution in [3.63, 3.8) is 0 Å². The molecular formula is C26H33N5O5. The molecule has 1 aromatic heterocycles. The smallest absolute Gasteiger partial charge is 0.411 e. The van der Waals surface area contributed by atoms with E-state index in [4.69, 9.17) is 19.9 Å². The second-order valence-electron chi connectivity index (χ2n) is 9.70. The van der Waals surface area contributed by atoms with E-state index in [1.807, 2.05) is 47.1 Å². The number of nitrogens with two attached hydrogens (primary N) is 1. The van der Waals surface area contributed by atoms with Gasteiger partial charge in [-0.25, -0.2) is 4.79 Å². The van der Waals surface area contributed by atoms with E-state index in [9.17, 15) is 9.59 Å². The molecule has 1 aliphatic heterocycles. The molecule has 10 heteroatoms. The van der Waals surface area contributed by atoms with Gasteiger partial charge in [0.2, 0.25) is 5.91 Å². The zero-order valence-corrected chi connectivity index (χ0v) is 21.1. The molecule has 1 aliphatic rings. The van der Waals surface area contributed by atoms with Gasteiger partial charge in [0.05, 0.1) is 37.8 Å². The van der Waals surface area contributed by atoms with Crippen LogP contribution in [-0.4, -0.2) is 65.2 Å². The minimum absolute atomic E-state index is 0.127. The molecule has 36 heavy (non-hydrogen) atoms. The lowest BCUT2D eigenvalue weighted by atomic mass is 10.1. The van der Waals surface area contributed by atoms with E-state index in [-0.39, 0.29) is 12.5 Å². The minimum atomic E-state index is -0.745. The highest BCUT2D eigenvalue weighted by Crippen LogP contribution is 2.30. The Bertz CT molecular complexity index is 1250. The van der Waals surface area contributed by atoms with Crippen LogP contribution < -0.4 is 15.8 Å². The number of morpholine rings is 1. The Kier molecular flexibility index (Phi) is 7.35. The number of anilines is 1. The average Bonchev–Trinajstić information content (AvgIpc) is 3.17. The van der Waals surface area contributed by atoms with Crippen molar-refractivity contribution in [3.05, 3.63) is 53.6 Å². The first-order valence-electron chi connectivity index (χ1n) is 11.9. The second kappa shape index (κ2) is 10.4. The molecule has 0 spiro atoms. The molecule has 3 aromatic rings. The Balaban J connectivity index is 1.43. The summed E-state index contributed by atoms with van der Waals surface area (Å²) < 4.78 is 18.2. The number of nitrogens with zero attached hydrogens (tertiary/aromatic N) is 3. The van der Waals surface area contributed by atoms with E-state index >= 15 is 0 Å². The van der Waals surface area contributed by atoms with Crippen LogP contribution in [-0.2, 0) is 27.4 Å². The highest BCUT2D eigenvalue weighted by atomic mass is 16.6. The summed E-state index contributed by atoms with van der Waals surface area (Å²) in [6, 6.07) is 12.8. The van der Waals surface area contributed by atoms with E-state index < -0.39 is 17.7 Å². The lowest BCUT2D eigenvalue weighted by Crippen LogP contribution is -2.56. The van der Waals surface area contributed by atoms with Gasteiger partial charge in [-0.15, -0.1) is 0 Å². The van der Waals surface area contributed by atoms with Crippen LogP contribution in [0.25, 0.3) is 10.9 Å². The summed E-state index contributed by atoms with van der Waals surface area (Å²) in [5.41, 5.74) is 8.31. The van der Waals surface area contributed by atoms with E-state index in [0.29, 0.717) is 37.8 Å². The number of amides is 2. The number of nitrogen functional groups attached to an aromatic ring is 1. The van der Waals surface area contributed by atoms with Crippen molar-refractivity contribution in [1.29, 1.82) is 0 Å². The number of carbonyl (C=O) groups is 2. The third kappa shape index (κ3) is 5.71. The van der Waals surface area contributed by atoms with Crippen molar-refractivity contribution in [3.8, 4) is 5.75 Å². The molecule has 2 heterocycles. The molecule has 4 rings (SSSR count). The number of fused-ring (bicyclic) bond motifs is 1. The number of benzene rings is 2. The fraction of sp³-hybridized carbons (Fsp3) is 0.423. The monoisotopic (exact) mass is 495 g/mol. The predicted octanol–water partition coefficient (Wildman–Crippen LogP) is 2.93. The number of carbonyl (C=O) groups excluding carboxylic acids is 2. The zero-order chi connectivity index (χ0) is 25.9. The molecule has 1 fully saturated rings. The molecule has 2 aromatic carbocycles. The summed E-state index contributed by atoms with van der Waals surface area (Å²) in [6.45, 7) is 6.99. The maximum atomic E-state index is 13.0. The van der Waals surface area contributed by atoms with Crippen LogP contribution in [0.4, 0.5) is 10.6 Å². The molecule has 192 valence electrons. The van der Waals surface area contributed by atoms with Gasteiger partial charge in [-0.1, -0.05) is 30.3 Å². The summed E-state index contributed by atoms with van der Waals surface area (Å²) in [5.74, 6) is 0.804. The van der Waals surface area contributed by atoms with Crippen molar-refractivity contribution in [2.75, 3.05) is 32.6 Å². The van der Waals surface area contributed by atoms with Gasteiger partial charge in [0.1, 0.15) is 17.4 Å². The highest BCUT2D eigenvalue weighted by Gasteiger charge is 2.35. The molecule has 1 saturated heterocycles.